The SMILES string of the molecule is COc1ccc(/C=C2\CC(=O)N(C)C2=O)cc1F. The molecule has 0 spiro atoms. The normalized spacial score (nSPS) is 17.7. The van der Waals surface area contributed by atoms with Crippen LogP contribution >= 0.6 is 0 Å². The summed E-state index contributed by atoms with van der Waals surface area (Å²) >= 11 is 0. The molecule has 0 aromatic heterocycles. The zero-order valence-corrected chi connectivity index (χ0v) is 10.1. The lowest BCUT2D eigenvalue weighted by atomic mass is 10.1. The van der Waals surface area contributed by atoms with Crippen LogP contribution in [0.15, 0.2) is 23.8 Å². The molecule has 0 radical (unpaired) electrons. The number of nitrogens with zero attached hydrogens (tertiary/aromatic N) is 1. The molecule has 2 amide bonds. The highest BCUT2D eigenvalue weighted by Gasteiger charge is 2.30. The maximum absolute atomic E-state index is 13.5. The third-order valence-electron chi connectivity index (χ3n) is 2.81. The van der Waals surface area contributed by atoms with Gasteiger partial charge in [0.05, 0.1) is 13.5 Å². The molecule has 0 aliphatic carbocycles. The first kappa shape index (κ1) is 12.3. The molecule has 18 heavy (non-hydrogen) atoms. The second-order valence-electron chi connectivity index (χ2n) is 4.00. The molecule has 1 aliphatic heterocycles. The molecule has 5 heteroatoms. The minimum atomic E-state index is -0.503. The smallest absolute Gasteiger partial charge is 0.256 e. The number of imide groups is 1. The standard InChI is InChI=1S/C13H12FNO3/c1-15-12(16)7-9(13(15)17)5-8-3-4-11(18-2)10(14)6-8/h3-6H,7H2,1-2H3/b9-5+. The molecule has 0 unspecified atom stereocenters. The van der Waals surface area contributed by atoms with Gasteiger partial charge in [-0.1, -0.05) is 6.07 Å². The fourth-order valence-corrected chi connectivity index (χ4v) is 1.77. The maximum atomic E-state index is 13.5. The minimum absolute atomic E-state index is 0.0585. The molecule has 0 saturated carbocycles. The van der Waals surface area contributed by atoms with E-state index in [1.807, 2.05) is 0 Å². The van der Waals surface area contributed by atoms with E-state index in [2.05, 4.69) is 0 Å². The predicted octanol–water partition coefficient (Wildman–Crippen LogP) is 1.61. The number of rotatable bonds is 2. The topological polar surface area (TPSA) is 46.6 Å². The number of benzene rings is 1. The maximum Gasteiger partial charge on any atom is 0.256 e. The Morgan fingerprint density at radius 1 is 1.39 bits per heavy atom. The zero-order valence-electron chi connectivity index (χ0n) is 10.1. The van der Waals surface area contributed by atoms with E-state index in [-0.39, 0.29) is 24.0 Å². The Morgan fingerprint density at radius 2 is 2.11 bits per heavy atom. The fourth-order valence-electron chi connectivity index (χ4n) is 1.77. The van der Waals surface area contributed by atoms with Crippen molar-refractivity contribution < 1.29 is 18.7 Å². The quantitative estimate of drug-likeness (QED) is 0.591. The lowest BCUT2D eigenvalue weighted by molar-refractivity contribution is -0.135. The van der Waals surface area contributed by atoms with Crippen molar-refractivity contribution in [2.24, 2.45) is 0 Å². The molecule has 1 aliphatic rings. The number of carbonyl (C=O) groups excluding carboxylic acids is 2. The fraction of sp³-hybridized carbons (Fsp3) is 0.231. The van der Waals surface area contributed by atoms with Crippen LogP contribution in [0.4, 0.5) is 4.39 Å². The van der Waals surface area contributed by atoms with Crippen LogP contribution in [-0.2, 0) is 9.59 Å². The second kappa shape index (κ2) is 4.60. The van der Waals surface area contributed by atoms with Gasteiger partial charge in [-0.2, -0.15) is 0 Å². The number of methoxy groups -OCH3 is 1. The molecule has 1 heterocycles. The van der Waals surface area contributed by atoms with Gasteiger partial charge >= 0.3 is 0 Å². The minimum Gasteiger partial charge on any atom is -0.494 e. The second-order valence-corrected chi connectivity index (χ2v) is 4.00. The van der Waals surface area contributed by atoms with Crippen LogP contribution in [-0.4, -0.2) is 30.9 Å². The Morgan fingerprint density at radius 3 is 2.61 bits per heavy atom. The third kappa shape index (κ3) is 2.11. The highest BCUT2D eigenvalue weighted by Crippen LogP contribution is 2.23. The van der Waals surface area contributed by atoms with Crippen LogP contribution in [0.2, 0.25) is 0 Å². The molecular weight excluding hydrogens is 237 g/mol. The molecule has 0 atom stereocenters. The van der Waals surface area contributed by atoms with Crippen molar-refractivity contribution in [3.8, 4) is 5.75 Å². The molecular formula is C13H12FNO3. The molecule has 1 fully saturated rings. The Bertz CT molecular complexity index is 551. The van der Waals surface area contributed by atoms with Crippen LogP contribution in [0.3, 0.4) is 0 Å². The van der Waals surface area contributed by atoms with Gasteiger partial charge in [-0.05, 0) is 23.8 Å². The summed E-state index contributed by atoms with van der Waals surface area (Å²) in [7, 11) is 2.81. The van der Waals surface area contributed by atoms with Gasteiger partial charge in [0.1, 0.15) is 0 Å². The van der Waals surface area contributed by atoms with Crippen LogP contribution in [0.1, 0.15) is 12.0 Å². The lowest BCUT2D eigenvalue weighted by Crippen LogP contribution is -2.23. The van der Waals surface area contributed by atoms with Crippen LogP contribution in [0, 0.1) is 5.82 Å². The summed E-state index contributed by atoms with van der Waals surface area (Å²) in [4.78, 5) is 24.0. The highest BCUT2D eigenvalue weighted by atomic mass is 19.1. The number of likely N-dealkylation sites (tertiary alicyclic amines) is 1. The summed E-state index contributed by atoms with van der Waals surface area (Å²) in [6.45, 7) is 0. The van der Waals surface area contributed by atoms with Crippen molar-refractivity contribution in [2.45, 2.75) is 6.42 Å². The molecule has 1 aromatic carbocycles. The largest absolute Gasteiger partial charge is 0.494 e. The summed E-state index contributed by atoms with van der Waals surface area (Å²) in [5.74, 6) is -0.948. The van der Waals surface area contributed by atoms with Crippen LogP contribution in [0.5, 0.6) is 5.75 Å². The van der Waals surface area contributed by atoms with Crippen molar-refractivity contribution in [3.05, 3.63) is 35.2 Å². The van der Waals surface area contributed by atoms with Crippen molar-refractivity contribution >= 4 is 17.9 Å². The average Bonchev–Trinajstić information content (AvgIpc) is 2.57. The summed E-state index contributed by atoms with van der Waals surface area (Å²) in [5, 5.41) is 0. The number of hydrogen-bond donors (Lipinski definition) is 0. The molecule has 4 nitrogen and oxygen atoms in total. The number of halogens is 1. The van der Waals surface area contributed by atoms with Crippen LogP contribution in [0.25, 0.3) is 6.08 Å². The average molecular weight is 249 g/mol. The molecule has 0 N–H and O–H groups in total. The summed E-state index contributed by atoms with van der Waals surface area (Å²) in [6.07, 6.45) is 1.58. The number of likely N-dealkylation sites (N-methyl/N-ethyl adjacent to an activating group) is 1. The molecule has 1 saturated heterocycles. The van der Waals surface area contributed by atoms with Crippen LogP contribution < -0.4 is 4.74 Å². The van der Waals surface area contributed by atoms with Crippen molar-refractivity contribution in [2.75, 3.05) is 14.2 Å². The van der Waals surface area contributed by atoms with Gasteiger partial charge in [0.2, 0.25) is 5.91 Å². The van der Waals surface area contributed by atoms with Gasteiger partial charge in [0.25, 0.3) is 5.91 Å². The van der Waals surface area contributed by atoms with E-state index >= 15 is 0 Å². The number of hydrogen-bond acceptors (Lipinski definition) is 3. The lowest BCUT2D eigenvalue weighted by Gasteiger charge is -2.04. The molecule has 94 valence electrons. The van der Waals surface area contributed by atoms with E-state index in [4.69, 9.17) is 4.74 Å². The van der Waals surface area contributed by atoms with Crippen molar-refractivity contribution in [1.82, 2.24) is 4.90 Å². The number of amides is 2. The van der Waals surface area contributed by atoms with E-state index in [1.165, 1.54) is 32.4 Å². The summed E-state index contributed by atoms with van der Waals surface area (Å²) in [6, 6.07) is 4.37. The van der Waals surface area contributed by atoms with Gasteiger partial charge in [0.15, 0.2) is 11.6 Å². The Kier molecular flexibility index (Phi) is 3.14. The van der Waals surface area contributed by atoms with Gasteiger partial charge in [-0.25, -0.2) is 4.39 Å². The van der Waals surface area contributed by atoms with E-state index in [9.17, 15) is 14.0 Å². The first-order valence-electron chi connectivity index (χ1n) is 5.38. The first-order valence-corrected chi connectivity index (χ1v) is 5.38. The van der Waals surface area contributed by atoms with Gasteiger partial charge in [-0.3, -0.25) is 14.5 Å². The molecule has 0 bridgehead atoms. The first-order chi connectivity index (χ1) is 8.52. The summed E-state index contributed by atoms with van der Waals surface area (Å²) in [5.41, 5.74) is 0.895. The van der Waals surface area contributed by atoms with Crippen molar-refractivity contribution in [3.63, 3.8) is 0 Å². The van der Waals surface area contributed by atoms with Gasteiger partial charge in [0, 0.05) is 12.6 Å². The summed E-state index contributed by atoms with van der Waals surface area (Å²) < 4.78 is 18.3. The molecule has 1 aromatic rings. The van der Waals surface area contributed by atoms with E-state index < -0.39 is 5.82 Å². The zero-order chi connectivity index (χ0) is 13.3. The van der Waals surface area contributed by atoms with E-state index in [0.717, 1.165) is 4.90 Å². The van der Waals surface area contributed by atoms with Crippen molar-refractivity contribution in [1.29, 1.82) is 0 Å². The monoisotopic (exact) mass is 249 g/mol. The molecule has 2 rings (SSSR count). The number of ether oxygens (including phenoxy) is 1. The van der Waals surface area contributed by atoms with Gasteiger partial charge < -0.3 is 4.74 Å². The van der Waals surface area contributed by atoms with Gasteiger partial charge in [-0.15, -0.1) is 0 Å². The predicted molar refractivity (Wildman–Crippen MR) is 63.3 cm³/mol. The Hall–Kier alpha value is -2.17. The Labute approximate surface area is 104 Å². The van der Waals surface area contributed by atoms with E-state index in [0.29, 0.717) is 11.1 Å². The Balaban J connectivity index is 2.32. The van der Waals surface area contributed by atoms with E-state index in [1.54, 1.807) is 6.07 Å². The third-order valence-corrected chi connectivity index (χ3v) is 2.81. The number of carbonyl (C=O) groups is 2. The highest BCUT2D eigenvalue weighted by molar-refractivity contribution is 6.15.